The van der Waals surface area contributed by atoms with Gasteiger partial charge in [0.15, 0.2) is 6.20 Å². The van der Waals surface area contributed by atoms with Gasteiger partial charge in [0.1, 0.15) is 18.7 Å². The summed E-state index contributed by atoms with van der Waals surface area (Å²) in [6.45, 7) is 0. The Morgan fingerprint density at radius 1 is 0.938 bits per heavy atom. The van der Waals surface area contributed by atoms with Crippen molar-refractivity contribution >= 4 is 10.9 Å². The molecule has 3 rings (SSSR count). The van der Waals surface area contributed by atoms with Crippen LogP contribution < -0.4 is 4.57 Å². The van der Waals surface area contributed by atoms with Crippen molar-refractivity contribution in [3.05, 3.63) is 55.5 Å². The minimum absolute atomic E-state index is 0.932. The number of fused-ring (bicyclic) bond motifs is 1. The van der Waals surface area contributed by atoms with Crippen LogP contribution in [-0.4, -0.2) is 15.0 Å². The summed E-state index contributed by atoms with van der Waals surface area (Å²) in [5, 5.41) is 1.14. The molecule has 0 atom stereocenters. The monoisotopic (exact) mass is 209 g/mol. The number of rotatable bonds is 1. The van der Waals surface area contributed by atoms with E-state index < -0.39 is 0 Å². The summed E-state index contributed by atoms with van der Waals surface area (Å²) in [5.41, 5.74) is 1.97. The largest absolute Gasteiger partial charge is 0.258 e. The van der Waals surface area contributed by atoms with E-state index >= 15 is 0 Å². The van der Waals surface area contributed by atoms with Crippen LogP contribution in [0.5, 0.6) is 0 Å². The Balaban J connectivity index is 2.32. The first-order valence-electron chi connectivity index (χ1n) is 4.95. The van der Waals surface area contributed by atoms with E-state index in [1.165, 1.54) is 6.33 Å². The lowest BCUT2D eigenvalue weighted by molar-refractivity contribution is -0.567. The predicted molar refractivity (Wildman–Crippen MR) is 58.9 cm³/mol. The maximum Gasteiger partial charge on any atom is 0.248 e. The van der Waals surface area contributed by atoms with Crippen LogP contribution in [0.25, 0.3) is 16.6 Å². The van der Waals surface area contributed by atoms with Gasteiger partial charge in [-0.25, -0.2) is 9.97 Å². The second kappa shape index (κ2) is 3.66. The van der Waals surface area contributed by atoms with Gasteiger partial charge in [0.2, 0.25) is 11.2 Å². The van der Waals surface area contributed by atoms with E-state index in [1.807, 2.05) is 29.1 Å². The van der Waals surface area contributed by atoms with Gasteiger partial charge in [-0.1, -0.05) is 0 Å². The normalized spacial score (nSPS) is 10.5. The third-order valence-electron chi connectivity index (χ3n) is 2.43. The Morgan fingerprint density at radius 3 is 2.69 bits per heavy atom. The number of hydrogen-bond acceptors (Lipinski definition) is 3. The Bertz CT molecular complexity index is 617. The summed E-state index contributed by atoms with van der Waals surface area (Å²) < 4.78 is 2.02. The van der Waals surface area contributed by atoms with Gasteiger partial charge in [0, 0.05) is 12.3 Å². The minimum Gasteiger partial charge on any atom is -0.258 e. The molecule has 0 spiro atoms. The van der Waals surface area contributed by atoms with Gasteiger partial charge in [0.25, 0.3) is 0 Å². The first-order chi connectivity index (χ1) is 7.95. The van der Waals surface area contributed by atoms with Crippen LogP contribution in [0.4, 0.5) is 0 Å². The standard InChI is InChI=1S/C12H9N4/c1-2-10-3-4-13-8-12(10)16(5-1)11-6-14-9-15-7-11/h1-9H/q+1. The van der Waals surface area contributed by atoms with E-state index in [0.717, 1.165) is 16.6 Å². The molecule has 0 aromatic carbocycles. The summed E-state index contributed by atoms with van der Waals surface area (Å²) in [6, 6.07) is 6.03. The van der Waals surface area contributed by atoms with E-state index in [0.29, 0.717) is 0 Å². The minimum atomic E-state index is 0.932. The second-order valence-corrected chi connectivity index (χ2v) is 3.41. The van der Waals surface area contributed by atoms with Crippen LogP contribution in [0.3, 0.4) is 0 Å². The maximum atomic E-state index is 4.14. The predicted octanol–water partition coefficient (Wildman–Crippen LogP) is 1.30. The molecule has 0 saturated heterocycles. The maximum absolute atomic E-state index is 4.14. The number of pyridine rings is 2. The van der Waals surface area contributed by atoms with Gasteiger partial charge in [-0.05, 0) is 12.1 Å². The molecule has 16 heavy (non-hydrogen) atoms. The SMILES string of the molecule is c1cc2ccncc2[n+](-c2cncnc2)c1. The zero-order valence-electron chi connectivity index (χ0n) is 8.49. The van der Waals surface area contributed by atoms with Crippen molar-refractivity contribution in [3.8, 4) is 5.69 Å². The van der Waals surface area contributed by atoms with Crippen LogP contribution in [0.2, 0.25) is 0 Å². The smallest absolute Gasteiger partial charge is 0.248 e. The number of nitrogens with zero attached hydrogens (tertiary/aromatic N) is 4. The molecular formula is C12H9N4+. The first-order valence-corrected chi connectivity index (χ1v) is 4.95. The molecule has 0 aliphatic carbocycles. The molecule has 0 aliphatic heterocycles. The number of aromatic nitrogens is 4. The lowest BCUT2D eigenvalue weighted by Gasteiger charge is -1.98. The Hall–Kier alpha value is -2.36. The van der Waals surface area contributed by atoms with Gasteiger partial charge in [-0.2, -0.15) is 4.57 Å². The van der Waals surface area contributed by atoms with Crippen molar-refractivity contribution in [2.45, 2.75) is 0 Å². The van der Waals surface area contributed by atoms with Gasteiger partial charge in [-0.3, -0.25) is 4.98 Å². The Kier molecular flexibility index (Phi) is 2.04. The molecule has 3 aromatic heterocycles. The molecule has 0 amide bonds. The summed E-state index contributed by atoms with van der Waals surface area (Å²) in [4.78, 5) is 12.2. The third-order valence-corrected chi connectivity index (χ3v) is 2.43. The molecule has 0 radical (unpaired) electrons. The lowest BCUT2D eigenvalue weighted by atomic mass is 10.2. The summed E-state index contributed by atoms with van der Waals surface area (Å²) in [5.74, 6) is 0. The van der Waals surface area contributed by atoms with Gasteiger partial charge in [0.05, 0.1) is 11.6 Å². The summed E-state index contributed by atoms with van der Waals surface area (Å²) in [6.07, 6.45) is 10.7. The van der Waals surface area contributed by atoms with Crippen molar-refractivity contribution in [3.63, 3.8) is 0 Å². The average Bonchev–Trinajstić information content (AvgIpc) is 2.39. The second-order valence-electron chi connectivity index (χ2n) is 3.41. The van der Waals surface area contributed by atoms with Crippen LogP contribution in [0.1, 0.15) is 0 Å². The summed E-state index contributed by atoms with van der Waals surface area (Å²) in [7, 11) is 0. The Morgan fingerprint density at radius 2 is 1.81 bits per heavy atom. The van der Waals surface area contributed by atoms with Crippen molar-refractivity contribution in [1.82, 2.24) is 15.0 Å². The quantitative estimate of drug-likeness (QED) is 0.567. The Labute approximate surface area is 92.3 Å². The zero-order chi connectivity index (χ0) is 10.8. The summed E-state index contributed by atoms with van der Waals surface area (Å²) >= 11 is 0. The average molecular weight is 209 g/mol. The highest BCUT2D eigenvalue weighted by Gasteiger charge is 2.11. The molecule has 0 N–H and O–H groups in total. The first kappa shape index (κ1) is 8.91. The van der Waals surface area contributed by atoms with E-state index in [4.69, 9.17) is 0 Å². The molecule has 4 heteroatoms. The van der Waals surface area contributed by atoms with E-state index in [2.05, 4.69) is 21.0 Å². The third kappa shape index (κ3) is 1.40. The van der Waals surface area contributed by atoms with Crippen molar-refractivity contribution in [1.29, 1.82) is 0 Å². The zero-order valence-corrected chi connectivity index (χ0v) is 8.49. The topological polar surface area (TPSA) is 42.5 Å². The van der Waals surface area contributed by atoms with Crippen molar-refractivity contribution in [2.24, 2.45) is 0 Å². The van der Waals surface area contributed by atoms with Gasteiger partial charge in [-0.15, -0.1) is 0 Å². The molecule has 0 unspecified atom stereocenters. The van der Waals surface area contributed by atoms with Crippen LogP contribution in [-0.2, 0) is 0 Å². The highest BCUT2D eigenvalue weighted by Crippen LogP contribution is 2.08. The molecule has 4 nitrogen and oxygen atoms in total. The van der Waals surface area contributed by atoms with E-state index in [1.54, 1.807) is 18.6 Å². The van der Waals surface area contributed by atoms with E-state index in [9.17, 15) is 0 Å². The number of hydrogen-bond donors (Lipinski definition) is 0. The highest BCUT2D eigenvalue weighted by molar-refractivity contribution is 5.74. The van der Waals surface area contributed by atoms with E-state index in [-0.39, 0.29) is 0 Å². The van der Waals surface area contributed by atoms with Gasteiger partial charge < -0.3 is 0 Å². The molecule has 76 valence electrons. The lowest BCUT2D eigenvalue weighted by Crippen LogP contribution is -2.31. The van der Waals surface area contributed by atoms with Gasteiger partial charge >= 0.3 is 0 Å². The fourth-order valence-electron chi connectivity index (χ4n) is 1.69. The fraction of sp³-hybridized carbons (Fsp3) is 0. The van der Waals surface area contributed by atoms with Crippen molar-refractivity contribution < 1.29 is 4.57 Å². The highest BCUT2D eigenvalue weighted by atomic mass is 15.0. The van der Waals surface area contributed by atoms with Crippen molar-refractivity contribution in [2.75, 3.05) is 0 Å². The molecule has 3 heterocycles. The molecular weight excluding hydrogens is 200 g/mol. The molecule has 0 saturated carbocycles. The fourth-order valence-corrected chi connectivity index (χ4v) is 1.69. The van der Waals surface area contributed by atoms with Crippen LogP contribution >= 0.6 is 0 Å². The molecule has 0 aliphatic rings. The van der Waals surface area contributed by atoms with Crippen LogP contribution in [0, 0.1) is 0 Å². The van der Waals surface area contributed by atoms with Crippen LogP contribution in [0.15, 0.2) is 55.5 Å². The molecule has 3 aromatic rings. The molecule has 0 bridgehead atoms. The molecule has 0 fully saturated rings.